The smallest absolute Gasteiger partial charge is 0.302 e. The largest absolute Gasteiger partial charge is 0.462 e. The summed E-state index contributed by atoms with van der Waals surface area (Å²) in [6.07, 6.45) is 9.68. The third kappa shape index (κ3) is 2.95. The van der Waals surface area contributed by atoms with Crippen molar-refractivity contribution in [3.63, 3.8) is 0 Å². The van der Waals surface area contributed by atoms with E-state index in [2.05, 4.69) is 27.7 Å². The molecule has 0 radical (unpaired) electrons. The van der Waals surface area contributed by atoms with E-state index in [0.29, 0.717) is 47.2 Å². The van der Waals surface area contributed by atoms with E-state index in [0.717, 1.165) is 38.0 Å². The maximum Gasteiger partial charge on any atom is 0.302 e. The molecule has 5 rings (SSSR count). The average molecular weight is 419 g/mol. The Morgan fingerprint density at radius 1 is 1.13 bits per heavy atom. The standard InChI is InChI=1S/C26H42O4/c1-6-21-24(30-21)19-13-22(29-15(3)27)25(4)10-9-20-18(23(19)25)8-7-16-12-17(28)11-14(2)26(16,20)5/h14,16-24,28H,6-13H2,1-5H3/t14-,16-,17+,18+,19+,20-,21?,22-,23+,24?,25+,26-/m0/s1. The Morgan fingerprint density at radius 2 is 1.90 bits per heavy atom. The number of esters is 1. The van der Waals surface area contributed by atoms with Crippen LogP contribution in [0.25, 0.3) is 0 Å². The fourth-order valence-electron chi connectivity index (χ4n) is 9.40. The van der Waals surface area contributed by atoms with Crippen LogP contribution < -0.4 is 0 Å². The van der Waals surface area contributed by atoms with Gasteiger partial charge in [0.25, 0.3) is 0 Å². The van der Waals surface area contributed by atoms with Gasteiger partial charge in [-0.25, -0.2) is 0 Å². The number of ether oxygens (including phenoxy) is 2. The lowest BCUT2D eigenvalue weighted by Gasteiger charge is -2.63. The minimum atomic E-state index is -0.128. The summed E-state index contributed by atoms with van der Waals surface area (Å²) in [5.74, 6) is 3.67. The van der Waals surface area contributed by atoms with Crippen molar-refractivity contribution in [2.75, 3.05) is 0 Å². The van der Waals surface area contributed by atoms with Crippen molar-refractivity contribution in [2.24, 2.45) is 46.3 Å². The molecule has 4 aliphatic carbocycles. The molecule has 170 valence electrons. The monoisotopic (exact) mass is 418 g/mol. The number of epoxide rings is 1. The number of hydrogen-bond donors (Lipinski definition) is 1. The zero-order valence-electron chi connectivity index (χ0n) is 19.6. The maximum absolute atomic E-state index is 11.9. The molecule has 1 saturated heterocycles. The van der Waals surface area contributed by atoms with E-state index >= 15 is 0 Å². The highest BCUT2D eigenvalue weighted by Crippen LogP contribution is 2.70. The number of carbonyl (C=O) groups is 1. The highest BCUT2D eigenvalue weighted by atomic mass is 16.6. The van der Waals surface area contributed by atoms with Crippen molar-refractivity contribution in [1.82, 2.24) is 0 Å². The Morgan fingerprint density at radius 3 is 2.57 bits per heavy atom. The third-order valence-electron chi connectivity index (χ3n) is 10.9. The molecule has 0 aromatic heterocycles. The molecule has 2 unspecified atom stereocenters. The number of aliphatic hydroxyl groups excluding tert-OH is 1. The topological polar surface area (TPSA) is 59.1 Å². The van der Waals surface area contributed by atoms with Gasteiger partial charge in [-0.15, -0.1) is 0 Å². The predicted molar refractivity (Wildman–Crippen MR) is 116 cm³/mol. The fourth-order valence-corrected chi connectivity index (χ4v) is 9.40. The van der Waals surface area contributed by atoms with E-state index in [1.54, 1.807) is 6.92 Å². The van der Waals surface area contributed by atoms with E-state index in [9.17, 15) is 9.90 Å². The number of fused-ring (bicyclic) bond motifs is 5. The first-order chi connectivity index (χ1) is 14.2. The SMILES string of the molecule is CCC1OC1[C@@H]1C[C@H](OC(C)=O)[C@@]2(C)CC[C@H]3[C@@H](CC[C@H]4C[C@H](O)C[C@H](C)[C@@]43C)[C@H]12. The van der Waals surface area contributed by atoms with Gasteiger partial charge in [0.2, 0.25) is 0 Å². The molecule has 1 heterocycles. The second-order valence-corrected chi connectivity index (χ2v) is 12.1. The van der Waals surface area contributed by atoms with Gasteiger partial charge < -0.3 is 14.6 Å². The summed E-state index contributed by atoms with van der Waals surface area (Å²) < 4.78 is 12.2. The Bertz CT molecular complexity index is 693. The highest BCUT2D eigenvalue weighted by Gasteiger charge is 2.67. The van der Waals surface area contributed by atoms with E-state index < -0.39 is 0 Å². The molecule has 4 saturated carbocycles. The molecule has 5 fully saturated rings. The molecular weight excluding hydrogens is 376 g/mol. The molecule has 0 amide bonds. The molecule has 0 spiro atoms. The molecule has 0 bridgehead atoms. The van der Waals surface area contributed by atoms with Gasteiger partial charge >= 0.3 is 5.97 Å². The normalized spacial score (nSPS) is 57.1. The first-order valence-electron chi connectivity index (χ1n) is 12.7. The zero-order valence-corrected chi connectivity index (χ0v) is 19.6. The molecule has 4 nitrogen and oxygen atoms in total. The number of rotatable bonds is 3. The van der Waals surface area contributed by atoms with Gasteiger partial charge in [-0.2, -0.15) is 0 Å². The van der Waals surface area contributed by atoms with Gasteiger partial charge in [0.1, 0.15) is 6.10 Å². The van der Waals surface area contributed by atoms with Crippen LogP contribution in [0.2, 0.25) is 0 Å². The van der Waals surface area contributed by atoms with Crippen LogP contribution in [0.1, 0.15) is 86.0 Å². The second kappa shape index (κ2) is 7.20. The molecule has 0 aromatic carbocycles. The summed E-state index contributed by atoms with van der Waals surface area (Å²) >= 11 is 0. The Labute approximate surface area is 182 Å². The Balaban J connectivity index is 1.48. The molecule has 30 heavy (non-hydrogen) atoms. The van der Waals surface area contributed by atoms with Crippen molar-refractivity contribution >= 4 is 5.97 Å². The molecule has 1 aliphatic heterocycles. The van der Waals surface area contributed by atoms with E-state index in [1.807, 2.05) is 0 Å². The van der Waals surface area contributed by atoms with E-state index in [1.165, 1.54) is 19.3 Å². The molecule has 5 aliphatic rings. The second-order valence-electron chi connectivity index (χ2n) is 12.1. The molecular formula is C26H42O4. The van der Waals surface area contributed by atoms with Crippen LogP contribution in [0.5, 0.6) is 0 Å². The van der Waals surface area contributed by atoms with E-state index in [4.69, 9.17) is 9.47 Å². The van der Waals surface area contributed by atoms with Gasteiger partial charge in [-0.1, -0.05) is 27.7 Å². The van der Waals surface area contributed by atoms with Gasteiger partial charge in [-0.05, 0) is 92.3 Å². The quantitative estimate of drug-likeness (QED) is 0.519. The van der Waals surface area contributed by atoms with Gasteiger partial charge in [-0.3, -0.25) is 4.79 Å². The van der Waals surface area contributed by atoms with Crippen LogP contribution in [0.4, 0.5) is 0 Å². The van der Waals surface area contributed by atoms with Crippen molar-refractivity contribution < 1.29 is 19.4 Å². The van der Waals surface area contributed by atoms with Crippen LogP contribution in [0.15, 0.2) is 0 Å². The highest BCUT2D eigenvalue weighted by molar-refractivity contribution is 5.66. The van der Waals surface area contributed by atoms with Gasteiger partial charge in [0.05, 0.1) is 18.3 Å². The Hall–Kier alpha value is -0.610. The van der Waals surface area contributed by atoms with E-state index in [-0.39, 0.29) is 23.6 Å². The Kier molecular flexibility index (Phi) is 5.10. The van der Waals surface area contributed by atoms with Crippen molar-refractivity contribution in [2.45, 2.75) is 110 Å². The maximum atomic E-state index is 11.9. The number of aliphatic hydroxyl groups is 1. The lowest BCUT2D eigenvalue weighted by Crippen LogP contribution is -2.58. The molecule has 12 atom stereocenters. The van der Waals surface area contributed by atoms with Crippen LogP contribution >= 0.6 is 0 Å². The number of hydrogen-bond acceptors (Lipinski definition) is 4. The first kappa shape index (κ1) is 21.2. The first-order valence-corrected chi connectivity index (χ1v) is 12.7. The average Bonchev–Trinajstić information content (AvgIpc) is 3.40. The third-order valence-corrected chi connectivity index (χ3v) is 10.9. The summed E-state index contributed by atoms with van der Waals surface area (Å²) in [5.41, 5.74) is 0.421. The lowest BCUT2D eigenvalue weighted by atomic mass is 9.42. The van der Waals surface area contributed by atoms with Crippen LogP contribution in [0.3, 0.4) is 0 Å². The van der Waals surface area contributed by atoms with Crippen molar-refractivity contribution in [3.8, 4) is 0 Å². The molecule has 0 aromatic rings. The van der Waals surface area contributed by atoms with Crippen LogP contribution in [0, 0.1) is 46.3 Å². The molecule has 4 heteroatoms. The summed E-state index contributed by atoms with van der Waals surface area (Å²) in [6.45, 7) is 11.2. The lowest BCUT2D eigenvalue weighted by molar-refractivity contribution is -0.173. The molecule has 1 N–H and O–H groups in total. The fraction of sp³-hybridized carbons (Fsp3) is 0.962. The van der Waals surface area contributed by atoms with Crippen molar-refractivity contribution in [3.05, 3.63) is 0 Å². The summed E-state index contributed by atoms with van der Waals surface area (Å²) in [7, 11) is 0. The summed E-state index contributed by atoms with van der Waals surface area (Å²) in [4.78, 5) is 11.9. The van der Waals surface area contributed by atoms with Crippen molar-refractivity contribution in [1.29, 1.82) is 0 Å². The summed E-state index contributed by atoms with van der Waals surface area (Å²) in [6, 6.07) is 0. The van der Waals surface area contributed by atoms with Gasteiger partial charge in [0, 0.05) is 12.3 Å². The minimum absolute atomic E-state index is 0.0452. The number of carbonyl (C=O) groups excluding carboxylic acids is 1. The predicted octanol–water partition coefficient (Wildman–Crippen LogP) is 4.97. The van der Waals surface area contributed by atoms with Gasteiger partial charge in [0.15, 0.2) is 0 Å². The van der Waals surface area contributed by atoms with Crippen LogP contribution in [-0.4, -0.2) is 35.5 Å². The zero-order chi connectivity index (χ0) is 21.4. The van der Waals surface area contributed by atoms with Crippen LogP contribution in [-0.2, 0) is 14.3 Å². The summed E-state index contributed by atoms with van der Waals surface area (Å²) in [5, 5.41) is 10.5. The minimum Gasteiger partial charge on any atom is -0.462 e.